The first-order chi connectivity index (χ1) is 19.9. The maximum Gasteiger partial charge on any atom is 0.469 e. The Morgan fingerprint density at radius 2 is 1.55 bits per heavy atom. The third kappa shape index (κ3) is 5.23. The number of imide groups is 3. The molecule has 4 aromatic rings. The molecule has 2 aromatic heterocycles. The number of nitro groups is 1. The summed E-state index contributed by atoms with van der Waals surface area (Å²) < 4.78 is 18.6. The molecule has 1 aliphatic heterocycles. The molecule has 3 N–H and O–H groups in total. The van der Waals surface area contributed by atoms with Gasteiger partial charge in [0.15, 0.2) is 0 Å². The summed E-state index contributed by atoms with van der Waals surface area (Å²) in [6.45, 7) is -0.227. The number of unbranched alkanes of at least 4 members (excludes halogenated alkanes) is 1. The minimum Gasteiger partial charge on any atom is -0.350 e. The van der Waals surface area contributed by atoms with Gasteiger partial charge in [0.25, 0.3) is 17.5 Å². The van der Waals surface area contributed by atoms with E-state index < -0.39 is 30.6 Å². The highest BCUT2D eigenvalue weighted by Crippen LogP contribution is 2.42. The number of amides is 4. The summed E-state index contributed by atoms with van der Waals surface area (Å²) in [7, 11) is -1.15. The summed E-state index contributed by atoms with van der Waals surface area (Å²) in [4.78, 5) is 69.9. The summed E-state index contributed by atoms with van der Waals surface area (Å²) >= 11 is 0. The molecule has 5 rings (SSSR count). The molecule has 2 aromatic carbocycles. The zero-order valence-corrected chi connectivity index (χ0v) is 23.4. The number of phosphoric acid groups is 1. The van der Waals surface area contributed by atoms with E-state index in [2.05, 4.69) is 9.84 Å². The predicted molar refractivity (Wildman–Crippen MR) is 152 cm³/mol. The second-order valence-corrected chi connectivity index (χ2v) is 11.0. The van der Waals surface area contributed by atoms with Crippen LogP contribution in [0.25, 0.3) is 33.0 Å². The van der Waals surface area contributed by atoms with Crippen LogP contribution < -0.4 is 5.32 Å². The quantitative estimate of drug-likeness (QED) is 0.0856. The number of carbonyl (C=O) groups is 3. The summed E-state index contributed by atoms with van der Waals surface area (Å²) in [5.74, 6) is -1.68. The summed E-state index contributed by atoms with van der Waals surface area (Å²) in [5, 5.41) is 15.1. The monoisotopic (exact) mass is 595 g/mol. The number of fused-ring (bicyclic) bond motifs is 2. The number of hydrogen-bond acceptors (Lipinski definition) is 7. The molecule has 42 heavy (non-hydrogen) atoms. The fourth-order valence-electron chi connectivity index (χ4n) is 5.12. The van der Waals surface area contributed by atoms with Gasteiger partial charge in [-0.1, -0.05) is 18.2 Å². The van der Waals surface area contributed by atoms with E-state index in [1.165, 1.54) is 18.2 Å². The molecule has 0 aliphatic carbocycles. The van der Waals surface area contributed by atoms with Crippen molar-refractivity contribution in [2.75, 3.05) is 13.2 Å². The zero-order chi connectivity index (χ0) is 30.3. The van der Waals surface area contributed by atoms with Gasteiger partial charge in [0.05, 0.1) is 28.2 Å². The molecule has 0 saturated carbocycles. The highest BCUT2D eigenvalue weighted by Gasteiger charge is 2.45. The Bertz CT molecular complexity index is 1870. The highest BCUT2D eigenvalue weighted by atomic mass is 31.2. The number of benzene rings is 2. The lowest BCUT2D eigenvalue weighted by molar-refractivity contribution is -0.384. The number of carbonyl (C=O) groups excluding carboxylic acids is 3. The lowest BCUT2D eigenvalue weighted by atomic mass is 9.95. The van der Waals surface area contributed by atoms with Gasteiger partial charge in [-0.25, -0.2) is 9.36 Å². The van der Waals surface area contributed by atoms with Gasteiger partial charge in [0.2, 0.25) is 0 Å². The van der Waals surface area contributed by atoms with Crippen LogP contribution in [0.4, 0.5) is 10.5 Å². The average molecular weight is 596 g/mol. The molecule has 0 radical (unpaired) electrons. The van der Waals surface area contributed by atoms with Crippen molar-refractivity contribution in [1.82, 2.24) is 19.4 Å². The standard InChI is InChI=1S/C27H26N5O9P/c1-29-14-19(17-7-3-4-8-21(17)29)23-24(20-15-30(2)22-13-16(32(36)37)9-10-18(20)22)26(34)31(25(23)33)27(35)28-11-5-6-12-41-42(38,39)40/h3-4,7-10,13-15H,5-6,11-12H2,1-2H3,(H,28,35)(H2,38,39,40). The van der Waals surface area contributed by atoms with Crippen molar-refractivity contribution in [3.8, 4) is 0 Å². The fourth-order valence-corrected chi connectivity index (χ4v) is 5.49. The van der Waals surface area contributed by atoms with E-state index in [1.54, 1.807) is 37.1 Å². The number of nitrogens with one attached hydrogen (secondary N) is 1. The molecule has 218 valence electrons. The smallest absolute Gasteiger partial charge is 0.350 e. The Morgan fingerprint density at radius 1 is 0.952 bits per heavy atom. The lowest BCUT2D eigenvalue weighted by Gasteiger charge is -2.14. The number of nitrogens with zero attached hydrogens (tertiary/aromatic N) is 4. The van der Waals surface area contributed by atoms with E-state index in [-0.39, 0.29) is 42.8 Å². The maximum absolute atomic E-state index is 13.9. The third-order valence-corrected chi connectivity index (χ3v) is 7.53. The average Bonchev–Trinajstić information content (AvgIpc) is 3.53. The van der Waals surface area contributed by atoms with Crippen molar-refractivity contribution in [1.29, 1.82) is 0 Å². The SMILES string of the molecule is Cn1cc(C2=C(c3cn(C)c4cc([N+](=O)[O-])ccc34)C(=O)N(C(=O)NCCCCOP(=O)(O)O)C2=O)c2ccccc21. The van der Waals surface area contributed by atoms with Crippen LogP contribution in [0, 0.1) is 10.1 Å². The Hall–Kier alpha value is -4.62. The first kappa shape index (κ1) is 28.9. The van der Waals surface area contributed by atoms with E-state index in [9.17, 15) is 29.1 Å². The van der Waals surface area contributed by atoms with Gasteiger partial charge >= 0.3 is 13.9 Å². The topological polar surface area (TPSA) is 186 Å². The van der Waals surface area contributed by atoms with Crippen LogP contribution in [-0.2, 0) is 32.8 Å². The number of urea groups is 1. The number of para-hydroxylation sites is 1. The number of aromatic nitrogens is 2. The van der Waals surface area contributed by atoms with Crippen molar-refractivity contribution >= 4 is 64.3 Å². The van der Waals surface area contributed by atoms with Gasteiger partial charge in [0, 0.05) is 72.6 Å². The Morgan fingerprint density at radius 3 is 2.17 bits per heavy atom. The molecule has 0 fully saturated rings. The minimum absolute atomic E-state index is 0.0112. The van der Waals surface area contributed by atoms with Crippen LogP contribution in [0.3, 0.4) is 0 Å². The van der Waals surface area contributed by atoms with Gasteiger partial charge < -0.3 is 24.2 Å². The summed E-state index contributed by atoms with van der Waals surface area (Å²) in [6, 6.07) is 10.5. The molecule has 4 amide bonds. The zero-order valence-electron chi connectivity index (χ0n) is 22.5. The van der Waals surface area contributed by atoms with Gasteiger partial charge in [0.1, 0.15) is 0 Å². The minimum atomic E-state index is -4.61. The van der Waals surface area contributed by atoms with Crippen LogP contribution in [-0.4, -0.2) is 59.7 Å². The van der Waals surface area contributed by atoms with Crippen LogP contribution in [0.15, 0.2) is 54.9 Å². The van der Waals surface area contributed by atoms with Gasteiger partial charge in [-0.2, -0.15) is 4.90 Å². The fraction of sp³-hybridized carbons (Fsp3) is 0.222. The van der Waals surface area contributed by atoms with E-state index >= 15 is 0 Å². The predicted octanol–water partition coefficient (Wildman–Crippen LogP) is 3.46. The Kier molecular flexibility index (Phi) is 7.56. The molecule has 14 nitrogen and oxygen atoms in total. The van der Waals surface area contributed by atoms with Gasteiger partial charge in [-0.05, 0) is 25.0 Å². The highest BCUT2D eigenvalue weighted by molar-refractivity contribution is 7.46. The van der Waals surface area contributed by atoms with Gasteiger partial charge in [-0.3, -0.25) is 24.2 Å². The van der Waals surface area contributed by atoms with Crippen molar-refractivity contribution in [3.63, 3.8) is 0 Å². The number of rotatable bonds is 9. The second-order valence-electron chi connectivity index (χ2n) is 9.74. The molecule has 3 heterocycles. The van der Waals surface area contributed by atoms with Crippen molar-refractivity contribution in [2.45, 2.75) is 12.8 Å². The number of non-ortho nitro benzene ring substituents is 1. The van der Waals surface area contributed by atoms with Crippen LogP contribution >= 0.6 is 7.82 Å². The van der Waals surface area contributed by atoms with E-state index in [0.717, 1.165) is 5.52 Å². The second kappa shape index (κ2) is 11.0. The van der Waals surface area contributed by atoms with E-state index in [1.807, 2.05) is 22.8 Å². The molecule has 0 unspecified atom stereocenters. The largest absolute Gasteiger partial charge is 0.469 e. The third-order valence-electron chi connectivity index (χ3n) is 7.01. The number of aryl methyl sites for hydroxylation is 2. The van der Waals surface area contributed by atoms with E-state index in [0.29, 0.717) is 32.3 Å². The van der Waals surface area contributed by atoms with Crippen molar-refractivity contribution < 1.29 is 38.2 Å². The van der Waals surface area contributed by atoms with Crippen LogP contribution in [0.2, 0.25) is 0 Å². The molecular weight excluding hydrogens is 569 g/mol. The number of nitro benzene ring substituents is 1. The van der Waals surface area contributed by atoms with Crippen LogP contribution in [0.1, 0.15) is 24.0 Å². The molecule has 0 atom stereocenters. The molecular formula is C27H26N5O9P. The normalized spacial score (nSPS) is 14.0. The molecule has 0 saturated heterocycles. The Labute approximate surface area is 238 Å². The molecule has 0 spiro atoms. The first-order valence-corrected chi connectivity index (χ1v) is 14.3. The summed E-state index contributed by atoms with van der Waals surface area (Å²) in [6.07, 6.45) is 3.78. The van der Waals surface area contributed by atoms with Crippen molar-refractivity contribution in [3.05, 3.63) is 76.1 Å². The van der Waals surface area contributed by atoms with Crippen LogP contribution in [0.5, 0.6) is 0 Å². The summed E-state index contributed by atoms with van der Waals surface area (Å²) in [5.41, 5.74) is 1.92. The van der Waals surface area contributed by atoms with Gasteiger partial charge in [-0.15, -0.1) is 0 Å². The first-order valence-electron chi connectivity index (χ1n) is 12.8. The maximum atomic E-state index is 13.9. The Balaban J connectivity index is 1.55. The van der Waals surface area contributed by atoms with E-state index in [4.69, 9.17) is 9.79 Å². The van der Waals surface area contributed by atoms with Crippen molar-refractivity contribution in [2.24, 2.45) is 14.1 Å². The number of hydrogen-bond donors (Lipinski definition) is 3. The number of phosphoric ester groups is 1. The lowest BCUT2D eigenvalue weighted by Crippen LogP contribution is -2.44. The molecule has 15 heteroatoms. The molecule has 0 bridgehead atoms. The molecule has 1 aliphatic rings.